The number of hydrogen-bond acceptors (Lipinski definition) is 6. The lowest BCUT2D eigenvalue weighted by Crippen LogP contribution is -2.26. The van der Waals surface area contributed by atoms with Crippen molar-refractivity contribution in [1.29, 1.82) is 0 Å². The molecule has 0 radical (unpaired) electrons. The maximum Gasteiger partial charge on any atom is 0.335 e. The second-order valence-electron chi connectivity index (χ2n) is 7.46. The van der Waals surface area contributed by atoms with Crippen molar-refractivity contribution in [3.05, 3.63) is 77.9 Å². The van der Waals surface area contributed by atoms with E-state index in [2.05, 4.69) is 21.8 Å². The highest BCUT2D eigenvalue weighted by molar-refractivity contribution is 6.10. The van der Waals surface area contributed by atoms with Crippen LogP contribution < -0.4 is 10.6 Å². The number of carbonyl (C=O) groups is 1. The summed E-state index contributed by atoms with van der Waals surface area (Å²) in [6.45, 7) is 3.19. The first-order valence-electron chi connectivity index (χ1n) is 10.1. The van der Waals surface area contributed by atoms with Gasteiger partial charge in [-0.2, -0.15) is 0 Å². The van der Waals surface area contributed by atoms with Crippen LogP contribution in [0.4, 0.5) is 11.6 Å². The Labute approximate surface area is 180 Å². The number of allylic oxidation sites excluding steroid dienone is 1. The number of imidazole rings is 1. The minimum absolute atomic E-state index is 0.166. The van der Waals surface area contributed by atoms with Gasteiger partial charge in [-0.3, -0.25) is 0 Å². The normalized spacial score (nSPS) is 17.2. The van der Waals surface area contributed by atoms with Crippen LogP contribution in [0.25, 0.3) is 5.70 Å². The van der Waals surface area contributed by atoms with Crippen LogP contribution >= 0.6 is 0 Å². The molecule has 0 saturated carbocycles. The SMILES string of the molecule is CC1CCCN1c1cccc(N=C(/C=C(\N)c2cccc(C(=O)O)c2)c2ncc[nH]2)n1. The smallest absolute Gasteiger partial charge is 0.335 e. The summed E-state index contributed by atoms with van der Waals surface area (Å²) < 4.78 is 0. The quantitative estimate of drug-likeness (QED) is 0.528. The fourth-order valence-electron chi connectivity index (χ4n) is 3.65. The van der Waals surface area contributed by atoms with Gasteiger partial charge in [-0.05, 0) is 55.7 Å². The molecule has 1 aliphatic heterocycles. The third-order valence-electron chi connectivity index (χ3n) is 5.28. The molecule has 158 valence electrons. The van der Waals surface area contributed by atoms with E-state index in [0.29, 0.717) is 34.7 Å². The highest BCUT2D eigenvalue weighted by atomic mass is 16.4. The number of anilines is 1. The molecule has 31 heavy (non-hydrogen) atoms. The Balaban J connectivity index is 1.71. The number of H-pyrrole nitrogens is 1. The summed E-state index contributed by atoms with van der Waals surface area (Å²) in [5.41, 5.74) is 7.92. The number of benzene rings is 1. The van der Waals surface area contributed by atoms with Crippen molar-refractivity contribution in [1.82, 2.24) is 15.0 Å². The predicted molar refractivity (Wildman–Crippen MR) is 121 cm³/mol. The van der Waals surface area contributed by atoms with Crippen LogP contribution in [0.1, 0.15) is 41.5 Å². The number of aromatic amines is 1. The molecular weight excluding hydrogens is 392 g/mol. The third kappa shape index (κ3) is 4.63. The van der Waals surface area contributed by atoms with Crippen molar-refractivity contribution in [3.8, 4) is 0 Å². The Morgan fingerprint density at radius 2 is 2.10 bits per heavy atom. The molecule has 0 bridgehead atoms. The summed E-state index contributed by atoms with van der Waals surface area (Å²) in [6.07, 6.45) is 7.32. The molecule has 2 aromatic heterocycles. The lowest BCUT2D eigenvalue weighted by Gasteiger charge is -2.22. The van der Waals surface area contributed by atoms with Crippen molar-refractivity contribution in [2.24, 2.45) is 10.7 Å². The predicted octanol–water partition coefficient (Wildman–Crippen LogP) is 3.61. The number of nitrogens with zero attached hydrogens (tertiary/aromatic N) is 4. The zero-order valence-corrected chi connectivity index (χ0v) is 17.2. The molecule has 0 amide bonds. The molecule has 1 aliphatic rings. The van der Waals surface area contributed by atoms with Gasteiger partial charge in [0.1, 0.15) is 11.5 Å². The molecule has 0 spiro atoms. The van der Waals surface area contributed by atoms with Gasteiger partial charge in [0.25, 0.3) is 0 Å². The largest absolute Gasteiger partial charge is 0.478 e. The minimum Gasteiger partial charge on any atom is -0.478 e. The number of pyridine rings is 1. The number of rotatable bonds is 6. The third-order valence-corrected chi connectivity index (χ3v) is 5.28. The van der Waals surface area contributed by atoms with Crippen molar-refractivity contribution in [3.63, 3.8) is 0 Å². The second-order valence-corrected chi connectivity index (χ2v) is 7.46. The van der Waals surface area contributed by atoms with E-state index in [9.17, 15) is 9.90 Å². The Kier molecular flexibility index (Phi) is 5.79. The van der Waals surface area contributed by atoms with Crippen molar-refractivity contribution >= 4 is 29.0 Å². The van der Waals surface area contributed by atoms with Gasteiger partial charge in [0.15, 0.2) is 11.6 Å². The van der Waals surface area contributed by atoms with Gasteiger partial charge >= 0.3 is 5.97 Å². The number of aromatic carboxylic acids is 1. The number of carboxylic acids is 1. The van der Waals surface area contributed by atoms with Gasteiger partial charge in [-0.15, -0.1) is 0 Å². The van der Waals surface area contributed by atoms with E-state index in [1.54, 1.807) is 30.6 Å². The van der Waals surface area contributed by atoms with Crippen LogP contribution in [-0.2, 0) is 0 Å². The van der Waals surface area contributed by atoms with Gasteiger partial charge in [0.2, 0.25) is 0 Å². The Morgan fingerprint density at radius 1 is 1.29 bits per heavy atom. The first-order chi connectivity index (χ1) is 15.0. The first-order valence-corrected chi connectivity index (χ1v) is 10.1. The van der Waals surface area contributed by atoms with E-state index in [4.69, 9.17) is 15.7 Å². The molecule has 1 atom stereocenters. The number of nitrogens with one attached hydrogen (secondary N) is 1. The molecule has 3 aromatic rings. The van der Waals surface area contributed by atoms with Crippen LogP contribution in [-0.4, -0.2) is 44.3 Å². The summed E-state index contributed by atoms with van der Waals surface area (Å²) in [4.78, 5) is 30.3. The maximum atomic E-state index is 11.3. The van der Waals surface area contributed by atoms with E-state index >= 15 is 0 Å². The molecular formula is C23H24N6O2. The van der Waals surface area contributed by atoms with E-state index in [-0.39, 0.29) is 5.56 Å². The molecule has 1 saturated heterocycles. The average molecular weight is 416 g/mol. The van der Waals surface area contributed by atoms with Crippen LogP contribution in [0.15, 0.2) is 65.9 Å². The van der Waals surface area contributed by atoms with E-state index in [1.165, 1.54) is 12.1 Å². The number of carboxylic acid groups (broad SMARTS) is 1. The lowest BCUT2D eigenvalue weighted by molar-refractivity contribution is 0.0697. The van der Waals surface area contributed by atoms with Gasteiger partial charge in [-0.25, -0.2) is 19.8 Å². The molecule has 4 N–H and O–H groups in total. The summed E-state index contributed by atoms with van der Waals surface area (Å²) in [5, 5.41) is 9.24. The number of hydrogen-bond donors (Lipinski definition) is 3. The van der Waals surface area contributed by atoms with Crippen LogP contribution in [0, 0.1) is 0 Å². The molecule has 1 fully saturated rings. The molecule has 1 aromatic carbocycles. The molecule has 3 heterocycles. The average Bonchev–Trinajstić information content (AvgIpc) is 3.45. The van der Waals surface area contributed by atoms with Gasteiger partial charge in [0.05, 0.1) is 5.56 Å². The highest BCUT2D eigenvalue weighted by Gasteiger charge is 2.21. The fraction of sp³-hybridized carbons (Fsp3) is 0.217. The Hall–Kier alpha value is -3.94. The first kappa shape index (κ1) is 20.3. The van der Waals surface area contributed by atoms with Crippen molar-refractivity contribution < 1.29 is 9.90 Å². The standard InChI is InChI=1S/C23H24N6O2/c1-15-5-4-12-29(15)21-9-3-8-20(28-21)27-19(22-25-10-11-26-22)14-18(24)16-6-2-7-17(13-16)23(30)31/h2-3,6-11,13-15H,4-5,12,24H2,1H3,(H,25,26)(H,30,31)/b18-14-,27-19?. The summed E-state index contributed by atoms with van der Waals surface area (Å²) in [5.74, 6) is 0.980. The number of aliphatic imine (C=N–C) groups is 1. The van der Waals surface area contributed by atoms with Crippen LogP contribution in [0.3, 0.4) is 0 Å². The van der Waals surface area contributed by atoms with E-state index in [0.717, 1.165) is 25.2 Å². The Bertz CT molecular complexity index is 1140. The Morgan fingerprint density at radius 3 is 2.81 bits per heavy atom. The summed E-state index contributed by atoms with van der Waals surface area (Å²) in [6, 6.07) is 12.7. The topological polar surface area (TPSA) is 120 Å². The van der Waals surface area contributed by atoms with Crippen LogP contribution in [0.2, 0.25) is 0 Å². The molecule has 4 rings (SSSR count). The number of nitrogens with two attached hydrogens (primary N) is 1. The van der Waals surface area contributed by atoms with Crippen molar-refractivity contribution in [2.75, 3.05) is 11.4 Å². The van der Waals surface area contributed by atoms with Gasteiger partial charge in [0, 0.05) is 30.7 Å². The fourth-order valence-corrected chi connectivity index (χ4v) is 3.65. The monoisotopic (exact) mass is 416 g/mol. The summed E-state index contributed by atoms with van der Waals surface area (Å²) >= 11 is 0. The van der Waals surface area contributed by atoms with Gasteiger partial charge in [-0.1, -0.05) is 18.2 Å². The highest BCUT2D eigenvalue weighted by Crippen LogP contribution is 2.25. The van der Waals surface area contributed by atoms with Crippen LogP contribution in [0.5, 0.6) is 0 Å². The zero-order chi connectivity index (χ0) is 21.8. The zero-order valence-electron chi connectivity index (χ0n) is 17.2. The number of aromatic nitrogens is 3. The van der Waals surface area contributed by atoms with E-state index < -0.39 is 5.97 Å². The molecule has 1 unspecified atom stereocenters. The molecule has 0 aliphatic carbocycles. The minimum atomic E-state index is -1.01. The van der Waals surface area contributed by atoms with E-state index in [1.807, 2.05) is 18.2 Å². The second kappa shape index (κ2) is 8.83. The maximum absolute atomic E-state index is 11.3. The summed E-state index contributed by atoms with van der Waals surface area (Å²) in [7, 11) is 0. The molecule has 8 nitrogen and oxygen atoms in total. The molecule has 8 heteroatoms. The lowest BCUT2D eigenvalue weighted by atomic mass is 10.1. The van der Waals surface area contributed by atoms with Crippen molar-refractivity contribution in [2.45, 2.75) is 25.8 Å². The van der Waals surface area contributed by atoms with Gasteiger partial charge < -0.3 is 20.7 Å².